The number of anilines is 1. The van der Waals surface area contributed by atoms with Crippen LogP contribution >= 0.6 is 0 Å². The highest BCUT2D eigenvalue weighted by Crippen LogP contribution is 2.59. The van der Waals surface area contributed by atoms with Gasteiger partial charge < -0.3 is 4.90 Å². The maximum absolute atomic E-state index is 2.76. The number of hydrogen-bond donors (Lipinski definition) is 0. The van der Waals surface area contributed by atoms with Gasteiger partial charge in [0.15, 0.2) is 0 Å². The second-order valence-electron chi connectivity index (χ2n) is 15.3. The van der Waals surface area contributed by atoms with E-state index in [1.165, 1.54) is 30.5 Å². The molecule has 0 saturated carbocycles. The Morgan fingerprint density at radius 1 is 0.696 bits per heavy atom. The van der Waals surface area contributed by atoms with E-state index >= 15 is 0 Å². The average Bonchev–Trinajstić information content (AvgIpc) is 3.63. The number of nitrogens with zero attached hydrogens (tertiary/aromatic N) is 1. The molecule has 10 atom stereocenters. The minimum atomic E-state index is 0.500. The van der Waals surface area contributed by atoms with Gasteiger partial charge in [-0.3, -0.25) is 0 Å². The summed E-state index contributed by atoms with van der Waals surface area (Å²) in [5.41, 5.74) is 10.7. The topological polar surface area (TPSA) is 3.24 Å². The molecule has 232 valence electrons. The van der Waals surface area contributed by atoms with Gasteiger partial charge in [0.2, 0.25) is 0 Å². The second-order valence-corrected chi connectivity index (χ2v) is 15.3. The van der Waals surface area contributed by atoms with Gasteiger partial charge in [-0.15, -0.1) is 0 Å². The number of para-hydroxylation sites is 1. The summed E-state index contributed by atoms with van der Waals surface area (Å²) in [7, 11) is 0. The van der Waals surface area contributed by atoms with Crippen LogP contribution in [0.3, 0.4) is 0 Å². The first-order valence-electron chi connectivity index (χ1n) is 18.1. The quantitative estimate of drug-likeness (QED) is 0.310. The van der Waals surface area contributed by atoms with Crippen LogP contribution in [-0.2, 0) is 0 Å². The van der Waals surface area contributed by atoms with E-state index in [1.54, 1.807) is 28.1 Å². The van der Waals surface area contributed by atoms with E-state index in [9.17, 15) is 0 Å². The molecular weight excluding hydrogens is 555 g/mol. The molecule has 9 unspecified atom stereocenters. The number of benzene rings is 1. The molecule has 7 aliphatic carbocycles. The van der Waals surface area contributed by atoms with Crippen molar-refractivity contribution in [1.29, 1.82) is 0 Å². The van der Waals surface area contributed by atoms with Crippen LogP contribution in [0.25, 0.3) is 0 Å². The Bertz CT molecular complexity index is 1740. The molecular formula is C45H47N. The van der Waals surface area contributed by atoms with Crippen LogP contribution in [0.5, 0.6) is 0 Å². The number of hydrogen-bond acceptors (Lipinski definition) is 1. The summed E-state index contributed by atoms with van der Waals surface area (Å²) in [6.07, 6.45) is 45.5. The lowest BCUT2D eigenvalue weighted by Gasteiger charge is -2.44. The van der Waals surface area contributed by atoms with Gasteiger partial charge in [-0.25, -0.2) is 0 Å². The third-order valence-corrected chi connectivity index (χ3v) is 12.8. The molecule has 0 N–H and O–H groups in total. The fourth-order valence-electron chi connectivity index (χ4n) is 10.3. The number of rotatable bonds is 4. The Labute approximate surface area is 276 Å². The van der Waals surface area contributed by atoms with E-state index < -0.39 is 0 Å². The minimum Gasteiger partial charge on any atom is -0.318 e. The van der Waals surface area contributed by atoms with Crippen molar-refractivity contribution in [1.82, 2.24) is 0 Å². The molecule has 0 bridgehead atoms. The zero-order chi connectivity index (χ0) is 30.8. The monoisotopic (exact) mass is 601 g/mol. The Balaban J connectivity index is 1.12. The van der Waals surface area contributed by atoms with Gasteiger partial charge in [0.05, 0.1) is 0 Å². The normalized spacial score (nSPS) is 38.5. The molecule has 0 spiro atoms. The first kappa shape index (κ1) is 28.4. The third kappa shape index (κ3) is 4.73. The summed E-state index contributed by atoms with van der Waals surface area (Å²) in [5.74, 6) is 5.58. The van der Waals surface area contributed by atoms with Gasteiger partial charge >= 0.3 is 0 Å². The maximum atomic E-state index is 2.76. The van der Waals surface area contributed by atoms with E-state index in [-0.39, 0.29) is 0 Å². The van der Waals surface area contributed by atoms with Gasteiger partial charge in [-0.1, -0.05) is 133 Å². The lowest BCUT2D eigenvalue weighted by Crippen LogP contribution is -2.38. The summed E-state index contributed by atoms with van der Waals surface area (Å²) < 4.78 is 0. The highest BCUT2D eigenvalue weighted by molar-refractivity contribution is 5.64. The Hall–Kier alpha value is -3.84. The zero-order valence-electron chi connectivity index (χ0n) is 27.4. The fraction of sp³-hybridized carbons (Fsp3) is 0.378. The Morgan fingerprint density at radius 3 is 2.39 bits per heavy atom. The lowest BCUT2D eigenvalue weighted by atomic mass is 9.60. The van der Waals surface area contributed by atoms with Crippen LogP contribution in [0.2, 0.25) is 0 Å². The second kappa shape index (κ2) is 11.4. The minimum absolute atomic E-state index is 0.500. The molecule has 0 aromatic heterocycles. The van der Waals surface area contributed by atoms with Crippen LogP contribution in [-0.4, -0.2) is 0 Å². The summed E-state index contributed by atoms with van der Waals surface area (Å²) in [6.45, 7) is 4.72. The van der Waals surface area contributed by atoms with Gasteiger partial charge in [-0.2, -0.15) is 0 Å². The fourth-order valence-corrected chi connectivity index (χ4v) is 10.3. The van der Waals surface area contributed by atoms with Crippen molar-refractivity contribution >= 4 is 5.69 Å². The first-order chi connectivity index (χ1) is 22.6. The molecule has 1 heteroatoms. The van der Waals surface area contributed by atoms with Crippen LogP contribution in [0.4, 0.5) is 5.69 Å². The number of fused-ring (bicyclic) bond motifs is 6. The van der Waals surface area contributed by atoms with Gasteiger partial charge in [-0.05, 0) is 91.9 Å². The van der Waals surface area contributed by atoms with Crippen LogP contribution in [0.1, 0.15) is 46.0 Å². The highest BCUT2D eigenvalue weighted by atomic mass is 15.2. The molecule has 0 amide bonds. The van der Waals surface area contributed by atoms with E-state index in [0.29, 0.717) is 59.2 Å². The maximum Gasteiger partial charge on any atom is 0.0455 e. The van der Waals surface area contributed by atoms with E-state index in [2.05, 4.69) is 146 Å². The molecule has 1 saturated heterocycles. The molecule has 8 aliphatic rings. The molecule has 1 heterocycles. The van der Waals surface area contributed by atoms with Crippen LogP contribution < -0.4 is 4.90 Å². The van der Waals surface area contributed by atoms with E-state index in [4.69, 9.17) is 0 Å². The summed E-state index contributed by atoms with van der Waals surface area (Å²) in [4.78, 5) is 2.72. The zero-order valence-corrected chi connectivity index (χ0v) is 27.4. The van der Waals surface area contributed by atoms with Crippen molar-refractivity contribution in [3.8, 4) is 0 Å². The van der Waals surface area contributed by atoms with Crippen molar-refractivity contribution in [2.45, 2.75) is 46.0 Å². The molecule has 46 heavy (non-hydrogen) atoms. The standard InChI is InChI=1S/C45H47N/c1-29-23-37(24-30(29)2)33-13-10-14-36(26-33)42-28-44-45(40-18-9-8-17-39(40)42)41-22-21-35(27-43(41)46(44)38-15-4-3-5-16-38)34-20-19-31-11-6-7-12-32(31)25-34/h3-13,15-20,23,26-28,30,32,35-37,39-42,45H,14,21-22,24-25H2,1-2H3/t30?,32?,35?,36?,37?,39?,40?,41?,42?,45-/m0/s1. The molecule has 1 nitrogen and oxygen atoms in total. The van der Waals surface area contributed by atoms with Gasteiger partial charge in [0.1, 0.15) is 0 Å². The van der Waals surface area contributed by atoms with Crippen LogP contribution in [0.15, 0.2) is 161 Å². The van der Waals surface area contributed by atoms with Crippen molar-refractivity contribution in [2.75, 3.05) is 4.90 Å². The Kier molecular flexibility index (Phi) is 7.06. The first-order valence-corrected chi connectivity index (χ1v) is 18.1. The molecule has 1 aromatic rings. The van der Waals surface area contributed by atoms with Crippen LogP contribution in [0, 0.1) is 59.2 Å². The third-order valence-electron chi connectivity index (χ3n) is 12.8. The number of allylic oxidation sites excluding steroid dienone is 22. The van der Waals surface area contributed by atoms with Crippen molar-refractivity contribution in [3.05, 3.63) is 161 Å². The molecule has 1 aliphatic heterocycles. The van der Waals surface area contributed by atoms with E-state index in [0.717, 1.165) is 12.8 Å². The lowest BCUT2D eigenvalue weighted by molar-refractivity contribution is 0.201. The summed E-state index contributed by atoms with van der Waals surface area (Å²) >= 11 is 0. The van der Waals surface area contributed by atoms with Gasteiger partial charge in [0.25, 0.3) is 0 Å². The van der Waals surface area contributed by atoms with Crippen molar-refractivity contribution in [3.63, 3.8) is 0 Å². The molecule has 9 rings (SSSR count). The SMILES string of the molecule is CC1=CC(C2=CC(C3C=C4[C@H](C5CCC(C6=CC=C7C=CC=CC7C6)C=C5N4c4ccccc4)C4C=CC=CC34)CC=C2)CC1C. The predicted molar refractivity (Wildman–Crippen MR) is 192 cm³/mol. The summed E-state index contributed by atoms with van der Waals surface area (Å²) in [6, 6.07) is 11.3. The average molecular weight is 602 g/mol. The largest absolute Gasteiger partial charge is 0.318 e. The predicted octanol–water partition coefficient (Wildman–Crippen LogP) is 11.0. The van der Waals surface area contributed by atoms with E-state index in [1.807, 2.05) is 0 Å². The molecule has 1 fully saturated rings. The smallest absolute Gasteiger partial charge is 0.0455 e. The summed E-state index contributed by atoms with van der Waals surface area (Å²) in [5, 5.41) is 0. The van der Waals surface area contributed by atoms with Gasteiger partial charge in [0, 0.05) is 46.7 Å². The molecule has 0 radical (unpaired) electrons. The van der Waals surface area contributed by atoms with Crippen molar-refractivity contribution in [2.24, 2.45) is 59.2 Å². The Morgan fingerprint density at radius 2 is 1.54 bits per heavy atom. The van der Waals surface area contributed by atoms with Crippen molar-refractivity contribution < 1.29 is 0 Å². The highest BCUT2D eigenvalue weighted by Gasteiger charge is 2.52. The molecule has 1 aromatic carbocycles.